The smallest absolute Gasteiger partial charge is 0.0595 e. The van der Waals surface area contributed by atoms with Gasteiger partial charge in [0.1, 0.15) is 0 Å². The predicted molar refractivity (Wildman–Crippen MR) is 97.3 cm³/mol. The van der Waals surface area contributed by atoms with Crippen LogP contribution in [-0.4, -0.2) is 4.98 Å². The second-order valence-electron chi connectivity index (χ2n) is 6.14. The molecule has 0 spiro atoms. The van der Waals surface area contributed by atoms with Gasteiger partial charge in [-0.3, -0.25) is 0 Å². The van der Waals surface area contributed by atoms with E-state index in [4.69, 9.17) is 23.2 Å². The molecule has 4 rings (SSSR count). The average Bonchev–Trinajstić information content (AvgIpc) is 2.95. The summed E-state index contributed by atoms with van der Waals surface area (Å²) >= 11 is 12.1. The first-order valence-corrected chi connectivity index (χ1v) is 8.75. The van der Waals surface area contributed by atoms with E-state index < -0.39 is 0 Å². The highest BCUT2D eigenvalue weighted by atomic mass is 35.5. The average molecular weight is 345 g/mol. The van der Waals surface area contributed by atoms with Crippen molar-refractivity contribution in [2.24, 2.45) is 0 Å². The molecular weight excluding hydrogens is 327 g/mol. The minimum absolute atomic E-state index is 0.362. The molecule has 2 aromatic carbocycles. The van der Waals surface area contributed by atoms with Crippen molar-refractivity contribution in [2.75, 3.05) is 0 Å². The number of hydrogen-bond acceptors (Lipinski definition) is 1. The highest BCUT2D eigenvalue weighted by Crippen LogP contribution is 2.34. The number of aryl methyl sites for hydroxylation is 1. The zero-order valence-corrected chi connectivity index (χ0v) is 14.2. The van der Waals surface area contributed by atoms with Crippen LogP contribution in [0.2, 0.25) is 10.0 Å². The molecule has 2 nitrogen and oxygen atoms in total. The van der Waals surface area contributed by atoms with Gasteiger partial charge in [0.25, 0.3) is 0 Å². The standard InChI is InChI=1S/C19H18Cl2N2/c20-15-9-8-12(10-16(15)21)11-22-18-7-3-5-14-13-4-1-2-6-17(13)23-19(14)18/h1-2,4,6,8-10,18,22-23H,3,5,7,11H2. The van der Waals surface area contributed by atoms with Crippen molar-refractivity contribution < 1.29 is 0 Å². The van der Waals surface area contributed by atoms with E-state index in [1.807, 2.05) is 18.2 Å². The molecule has 0 amide bonds. The van der Waals surface area contributed by atoms with Crippen molar-refractivity contribution in [1.82, 2.24) is 10.3 Å². The first kappa shape index (κ1) is 15.1. The van der Waals surface area contributed by atoms with E-state index in [2.05, 4.69) is 34.6 Å². The largest absolute Gasteiger partial charge is 0.357 e. The van der Waals surface area contributed by atoms with Crippen molar-refractivity contribution >= 4 is 34.1 Å². The second kappa shape index (κ2) is 6.20. The quantitative estimate of drug-likeness (QED) is 0.631. The molecule has 1 heterocycles. The molecule has 3 aromatic rings. The highest BCUT2D eigenvalue weighted by molar-refractivity contribution is 6.42. The highest BCUT2D eigenvalue weighted by Gasteiger charge is 2.23. The van der Waals surface area contributed by atoms with Gasteiger partial charge in [0.05, 0.1) is 10.0 Å². The Labute approximate surface area is 145 Å². The summed E-state index contributed by atoms with van der Waals surface area (Å²) in [4.78, 5) is 3.61. The molecule has 0 fully saturated rings. The maximum absolute atomic E-state index is 6.10. The zero-order valence-electron chi connectivity index (χ0n) is 12.7. The molecule has 1 aliphatic carbocycles. The maximum atomic E-state index is 6.10. The van der Waals surface area contributed by atoms with Crippen LogP contribution in [0.15, 0.2) is 42.5 Å². The number of H-pyrrole nitrogens is 1. The normalized spacial score (nSPS) is 17.4. The van der Waals surface area contributed by atoms with Crippen molar-refractivity contribution in [3.05, 3.63) is 69.3 Å². The van der Waals surface area contributed by atoms with Crippen molar-refractivity contribution in [3.63, 3.8) is 0 Å². The molecule has 1 unspecified atom stereocenters. The Balaban J connectivity index is 1.58. The van der Waals surface area contributed by atoms with Gasteiger partial charge in [-0.25, -0.2) is 0 Å². The predicted octanol–water partition coefficient (Wildman–Crippen LogP) is 5.64. The minimum atomic E-state index is 0.362. The summed E-state index contributed by atoms with van der Waals surface area (Å²) in [5.74, 6) is 0. The Hall–Kier alpha value is -1.48. The van der Waals surface area contributed by atoms with Crippen molar-refractivity contribution in [2.45, 2.75) is 31.8 Å². The lowest BCUT2D eigenvalue weighted by Gasteiger charge is -2.24. The second-order valence-corrected chi connectivity index (χ2v) is 6.95. The molecule has 0 saturated carbocycles. The Bertz CT molecular complexity index is 854. The van der Waals surface area contributed by atoms with Gasteiger partial charge >= 0.3 is 0 Å². The van der Waals surface area contributed by atoms with Gasteiger partial charge in [-0.2, -0.15) is 0 Å². The summed E-state index contributed by atoms with van der Waals surface area (Å²) < 4.78 is 0. The molecule has 0 saturated heterocycles. The van der Waals surface area contributed by atoms with Gasteiger partial charge in [-0.1, -0.05) is 47.5 Å². The Morgan fingerprint density at radius 1 is 1.09 bits per heavy atom. The van der Waals surface area contributed by atoms with E-state index in [-0.39, 0.29) is 0 Å². The van der Waals surface area contributed by atoms with Crippen LogP contribution in [0.1, 0.15) is 35.7 Å². The fourth-order valence-corrected chi connectivity index (χ4v) is 3.83. The van der Waals surface area contributed by atoms with Gasteiger partial charge in [0.2, 0.25) is 0 Å². The summed E-state index contributed by atoms with van der Waals surface area (Å²) in [7, 11) is 0. The number of nitrogens with one attached hydrogen (secondary N) is 2. The Kier molecular flexibility index (Phi) is 4.06. The molecule has 1 aliphatic rings. The van der Waals surface area contributed by atoms with Crippen molar-refractivity contribution in [3.8, 4) is 0 Å². The number of aromatic amines is 1. The SMILES string of the molecule is Clc1ccc(CNC2CCCc3c2[nH]c2ccccc32)cc1Cl. The lowest BCUT2D eigenvalue weighted by atomic mass is 9.91. The lowest BCUT2D eigenvalue weighted by molar-refractivity contribution is 0.452. The van der Waals surface area contributed by atoms with Crippen LogP contribution in [-0.2, 0) is 13.0 Å². The third-order valence-electron chi connectivity index (χ3n) is 4.65. The number of para-hydroxylation sites is 1. The molecule has 2 N–H and O–H groups in total. The number of benzene rings is 2. The summed E-state index contributed by atoms with van der Waals surface area (Å²) in [6.07, 6.45) is 3.53. The van der Waals surface area contributed by atoms with Crippen LogP contribution >= 0.6 is 23.2 Å². The number of aromatic nitrogens is 1. The zero-order chi connectivity index (χ0) is 15.8. The first-order valence-electron chi connectivity index (χ1n) is 7.99. The van der Waals surface area contributed by atoms with Crippen LogP contribution in [0.3, 0.4) is 0 Å². The summed E-state index contributed by atoms with van der Waals surface area (Å²) in [5, 5.41) is 6.25. The van der Waals surface area contributed by atoms with E-state index in [0.29, 0.717) is 16.1 Å². The van der Waals surface area contributed by atoms with Crippen molar-refractivity contribution in [1.29, 1.82) is 0 Å². The molecule has 1 aromatic heterocycles. The van der Waals surface area contributed by atoms with Crippen LogP contribution in [0.25, 0.3) is 10.9 Å². The minimum Gasteiger partial charge on any atom is -0.357 e. The number of rotatable bonds is 3. The van der Waals surface area contributed by atoms with Crippen LogP contribution in [0, 0.1) is 0 Å². The molecular formula is C19H18Cl2N2. The third kappa shape index (κ3) is 2.87. The van der Waals surface area contributed by atoms with E-state index in [0.717, 1.165) is 24.9 Å². The van der Waals surface area contributed by atoms with Gasteiger partial charge < -0.3 is 10.3 Å². The molecule has 1 atom stereocenters. The topological polar surface area (TPSA) is 27.8 Å². The fraction of sp³-hybridized carbons (Fsp3) is 0.263. The summed E-state index contributed by atoms with van der Waals surface area (Å²) in [6, 6.07) is 14.8. The van der Waals surface area contributed by atoms with E-state index >= 15 is 0 Å². The molecule has 0 radical (unpaired) electrons. The monoisotopic (exact) mass is 344 g/mol. The van der Waals surface area contributed by atoms with Gasteiger partial charge in [0.15, 0.2) is 0 Å². The summed E-state index contributed by atoms with van der Waals surface area (Å²) in [6.45, 7) is 0.788. The Morgan fingerprint density at radius 3 is 2.83 bits per heavy atom. The molecule has 0 bridgehead atoms. The lowest BCUT2D eigenvalue weighted by Crippen LogP contribution is -2.24. The molecule has 23 heavy (non-hydrogen) atoms. The van der Waals surface area contributed by atoms with E-state index in [1.54, 1.807) is 0 Å². The molecule has 4 heteroatoms. The van der Waals surface area contributed by atoms with Crippen LogP contribution in [0.5, 0.6) is 0 Å². The molecule has 0 aliphatic heterocycles. The maximum Gasteiger partial charge on any atom is 0.0595 e. The number of hydrogen-bond donors (Lipinski definition) is 2. The molecule has 118 valence electrons. The van der Waals surface area contributed by atoms with E-state index in [1.165, 1.54) is 28.6 Å². The Morgan fingerprint density at radius 2 is 1.96 bits per heavy atom. The van der Waals surface area contributed by atoms with Crippen LogP contribution < -0.4 is 5.32 Å². The first-order chi connectivity index (χ1) is 11.2. The summed E-state index contributed by atoms with van der Waals surface area (Å²) in [5.41, 5.74) is 5.21. The van der Waals surface area contributed by atoms with E-state index in [9.17, 15) is 0 Å². The number of halogens is 2. The number of fused-ring (bicyclic) bond motifs is 3. The van der Waals surface area contributed by atoms with Crippen LogP contribution in [0.4, 0.5) is 0 Å². The fourth-order valence-electron chi connectivity index (χ4n) is 3.51. The van der Waals surface area contributed by atoms with Gasteiger partial charge in [-0.15, -0.1) is 0 Å². The van der Waals surface area contributed by atoms with Gasteiger partial charge in [0, 0.05) is 29.2 Å². The van der Waals surface area contributed by atoms with Gasteiger partial charge in [-0.05, 0) is 48.6 Å². The third-order valence-corrected chi connectivity index (χ3v) is 5.39.